The Hall–Kier alpha value is -3.30. The predicted octanol–water partition coefficient (Wildman–Crippen LogP) is 4.57. The highest BCUT2D eigenvalue weighted by Crippen LogP contribution is 2.37. The first-order valence-electron chi connectivity index (χ1n) is 10.8. The maximum absolute atomic E-state index is 6.56. The van der Waals surface area contributed by atoms with Crippen molar-refractivity contribution in [3.63, 3.8) is 0 Å². The number of hydrogen-bond donors (Lipinski definition) is 0. The van der Waals surface area contributed by atoms with Crippen LogP contribution in [0, 0.1) is 0 Å². The molecule has 0 aromatic heterocycles. The minimum atomic E-state index is -2.58. The van der Waals surface area contributed by atoms with Gasteiger partial charge in [0.05, 0.1) is 0 Å². The van der Waals surface area contributed by atoms with E-state index < -0.39 is 8.07 Å². The Morgan fingerprint density at radius 2 is 0.935 bits per heavy atom. The molecular formula is C28H24O2Si. The number of para-hydroxylation sites is 3. The van der Waals surface area contributed by atoms with E-state index >= 15 is 0 Å². The lowest BCUT2D eigenvalue weighted by atomic mass is 9.87. The molecule has 2 heterocycles. The van der Waals surface area contributed by atoms with Crippen LogP contribution in [0.25, 0.3) is 0 Å². The van der Waals surface area contributed by atoms with Gasteiger partial charge in [-0.25, -0.2) is 0 Å². The number of fused-ring (bicyclic) bond motifs is 8. The Morgan fingerprint density at radius 3 is 1.42 bits per heavy atom. The molecule has 2 aliphatic rings. The minimum Gasteiger partial charge on any atom is -0.458 e. The lowest BCUT2D eigenvalue weighted by molar-refractivity contribution is 0.479. The van der Waals surface area contributed by atoms with Gasteiger partial charge in [0, 0.05) is 0 Å². The first kappa shape index (κ1) is 18.5. The maximum Gasteiger partial charge on any atom is 0.196 e. The van der Waals surface area contributed by atoms with E-state index in [1.54, 1.807) is 0 Å². The molecule has 0 fully saturated rings. The third-order valence-electron chi connectivity index (χ3n) is 6.56. The van der Waals surface area contributed by atoms with Gasteiger partial charge in [-0.2, -0.15) is 0 Å². The zero-order valence-electron chi connectivity index (χ0n) is 18.0. The first-order chi connectivity index (χ1) is 15.0. The second-order valence-corrected chi connectivity index (χ2v) is 13.1. The van der Waals surface area contributed by atoms with Crippen LogP contribution >= 0.6 is 0 Å². The summed E-state index contributed by atoms with van der Waals surface area (Å²) in [6, 6.07) is 32.5. The molecule has 0 saturated carbocycles. The molecule has 0 bridgehead atoms. The summed E-state index contributed by atoms with van der Waals surface area (Å²) >= 11 is 0. The molecule has 0 saturated heterocycles. The van der Waals surface area contributed by atoms with Crippen LogP contribution in [0.15, 0.2) is 91.0 Å². The van der Waals surface area contributed by atoms with Gasteiger partial charge >= 0.3 is 0 Å². The smallest absolute Gasteiger partial charge is 0.196 e. The molecule has 6 rings (SSSR count). The summed E-state index contributed by atoms with van der Waals surface area (Å²) in [5, 5.41) is 5.15. The first-order valence-corrected chi connectivity index (χ1v) is 12.8. The zero-order valence-corrected chi connectivity index (χ0v) is 19.0. The Bertz CT molecular complexity index is 1270. The Labute approximate surface area is 184 Å². The van der Waals surface area contributed by atoms with Crippen LogP contribution in [0.4, 0.5) is 0 Å². The monoisotopic (exact) mass is 420 g/mol. The molecule has 2 nitrogen and oxygen atoms in total. The average molecular weight is 421 g/mol. The Morgan fingerprint density at radius 1 is 0.516 bits per heavy atom. The van der Waals surface area contributed by atoms with Gasteiger partial charge in [0.15, 0.2) is 8.07 Å². The molecule has 0 unspecified atom stereocenters. The van der Waals surface area contributed by atoms with Crippen LogP contribution in [0.5, 0.6) is 23.0 Å². The lowest BCUT2D eigenvalue weighted by Crippen LogP contribution is -2.77. The topological polar surface area (TPSA) is 18.5 Å². The van der Waals surface area contributed by atoms with E-state index in [-0.39, 0.29) is 5.41 Å². The molecule has 0 amide bonds. The van der Waals surface area contributed by atoms with Crippen molar-refractivity contribution in [3.8, 4) is 23.0 Å². The standard InChI is InChI=1S/C28H24O2Si/c1-28(2,3)19-16-17-27-23(18-19)30-22-12-6-9-15-26(22)31(27)24-13-7-4-10-20(24)29-21-11-5-8-14-25(21)31/h4-18H,1-3H3. The van der Waals surface area contributed by atoms with Gasteiger partial charge in [-0.05, 0) is 56.0 Å². The average Bonchev–Trinajstić information content (AvgIpc) is 2.78. The SMILES string of the molecule is CC(C)(C)c1ccc2c(c1)Oc1ccccc1[Si]21c2ccccc2Oc2ccccc21. The fourth-order valence-corrected chi connectivity index (χ4v) is 10.2. The summed E-state index contributed by atoms with van der Waals surface area (Å²) in [5.41, 5.74) is 1.33. The highest BCUT2D eigenvalue weighted by Gasteiger charge is 2.52. The van der Waals surface area contributed by atoms with Crippen molar-refractivity contribution in [2.75, 3.05) is 0 Å². The van der Waals surface area contributed by atoms with Crippen LogP contribution in [0.3, 0.4) is 0 Å². The molecule has 4 aromatic carbocycles. The molecule has 0 N–H and O–H groups in total. The van der Waals surface area contributed by atoms with Gasteiger partial charge in [-0.3, -0.25) is 0 Å². The van der Waals surface area contributed by atoms with E-state index in [9.17, 15) is 0 Å². The molecule has 4 aromatic rings. The van der Waals surface area contributed by atoms with Gasteiger partial charge < -0.3 is 9.47 Å². The van der Waals surface area contributed by atoms with Crippen molar-refractivity contribution >= 4 is 28.8 Å². The van der Waals surface area contributed by atoms with E-state index in [1.807, 2.05) is 0 Å². The highest BCUT2D eigenvalue weighted by atomic mass is 28.3. The summed E-state index contributed by atoms with van der Waals surface area (Å²) in [5.74, 6) is 3.84. The minimum absolute atomic E-state index is 0.0512. The molecule has 0 aliphatic carbocycles. The van der Waals surface area contributed by atoms with Gasteiger partial charge in [0.1, 0.15) is 23.0 Å². The molecule has 31 heavy (non-hydrogen) atoms. The fourth-order valence-electron chi connectivity index (χ4n) is 5.09. The zero-order chi connectivity index (χ0) is 21.2. The largest absolute Gasteiger partial charge is 0.458 e. The van der Waals surface area contributed by atoms with Crippen LogP contribution in [0.1, 0.15) is 26.3 Å². The second-order valence-electron chi connectivity index (χ2n) is 9.40. The number of rotatable bonds is 0. The summed E-state index contributed by atoms with van der Waals surface area (Å²) in [7, 11) is -2.58. The van der Waals surface area contributed by atoms with E-state index in [1.165, 1.54) is 26.3 Å². The highest BCUT2D eigenvalue weighted by molar-refractivity contribution is 7.21. The molecular weight excluding hydrogens is 396 g/mol. The van der Waals surface area contributed by atoms with Crippen LogP contribution in [-0.2, 0) is 5.41 Å². The van der Waals surface area contributed by atoms with E-state index in [2.05, 4.69) is 112 Å². The predicted molar refractivity (Wildman–Crippen MR) is 129 cm³/mol. The van der Waals surface area contributed by atoms with Gasteiger partial charge in [0.25, 0.3) is 0 Å². The number of hydrogen-bond acceptors (Lipinski definition) is 2. The maximum atomic E-state index is 6.56. The normalized spacial score (nSPS) is 15.1. The quantitative estimate of drug-likeness (QED) is 0.335. The van der Waals surface area contributed by atoms with Crippen molar-refractivity contribution < 1.29 is 9.47 Å². The number of ether oxygens (including phenoxy) is 2. The summed E-state index contributed by atoms with van der Waals surface area (Å²) in [4.78, 5) is 0. The van der Waals surface area contributed by atoms with E-state index in [0.29, 0.717) is 0 Å². The third-order valence-corrected chi connectivity index (χ3v) is 11.4. The molecule has 1 spiro atoms. The fraction of sp³-hybridized carbons (Fsp3) is 0.143. The van der Waals surface area contributed by atoms with Crippen molar-refractivity contribution in [2.24, 2.45) is 0 Å². The third kappa shape index (κ3) is 2.50. The Balaban J connectivity index is 1.78. The van der Waals surface area contributed by atoms with E-state index in [4.69, 9.17) is 9.47 Å². The van der Waals surface area contributed by atoms with Crippen molar-refractivity contribution in [3.05, 3.63) is 96.6 Å². The molecule has 2 aliphatic heterocycles. The van der Waals surface area contributed by atoms with Crippen LogP contribution < -0.4 is 30.2 Å². The molecule has 0 atom stereocenters. The van der Waals surface area contributed by atoms with Crippen molar-refractivity contribution in [1.82, 2.24) is 0 Å². The van der Waals surface area contributed by atoms with Crippen molar-refractivity contribution in [1.29, 1.82) is 0 Å². The van der Waals surface area contributed by atoms with Gasteiger partial charge in [-0.1, -0.05) is 87.5 Å². The lowest BCUT2D eigenvalue weighted by Gasteiger charge is -2.43. The van der Waals surface area contributed by atoms with Gasteiger partial charge in [0.2, 0.25) is 0 Å². The van der Waals surface area contributed by atoms with Crippen LogP contribution in [-0.4, -0.2) is 8.07 Å². The number of benzene rings is 4. The second kappa shape index (κ2) is 6.35. The van der Waals surface area contributed by atoms with Gasteiger partial charge in [-0.15, -0.1) is 0 Å². The summed E-state index contributed by atoms with van der Waals surface area (Å²) < 4.78 is 13.0. The van der Waals surface area contributed by atoms with E-state index in [0.717, 1.165) is 23.0 Å². The Kier molecular flexibility index (Phi) is 3.78. The summed E-state index contributed by atoms with van der Waals surface area (Å²) in [6.07, 6.45) is 0. The molecule has 152 valence electrons. The summed E-state index contributed by atoms with van der Waals surface area (Å²) in [6.45, 7) is 6.74. The van der Waals surface area contributed by atoms with Crippen LogP contribution in [0.2, 0.25) is 0 Å². The molecule has 3 heteroatoms. The molecule has 0 radical (unpaired) electrons. The van der Waals surface area contributed by atoms with Crippen molar-refractivity contribution in [2.45, 2.75) is 26.2 Å².